The molecule has 2 fully saturated rings. The van der Waals surface area contributed by atoms with Crippen LogP contribution < -0.4 is 0 Å². The smallest absolute Gasteiger partial charge is 0.307 e. The Balaban J connectivity index is 1.97. The van der Waals surface area contributed by atoms with Gasteiger partial charge in [0.25, 0.3) is 0 Å². The van der Waals surface area contributed by atoms with Crippen LogP contribution in [-0.4, -0.2) is 67.0 Å². The van der Waals surface area contributed by atoms with Crippen molar-refractivity contribution >= 4 is 21.9 Å². The zero-order valence-corrected chi connectivity index (χ0v) is 12.3. The van der Waals surface area contributed by atoms with Gasteiger partial charge in [0.1, 0.15) is 0 Å². The molecule has 1 N–H and O–H groups in total. The van der Waals surface area contributed by atoms with Crippen molar-refractivity contribution in [2.75, 3.05) is 32.4 Å². The monoisotopic (exact) mass is 304 g/mol. The fourth-order valence-electron chi connectivity index (χ4n) is 3.03. The summed E-state index contributed by atoms with van der Waals surface area (Å²) in [7, 11) is -3.22. The Hall–Kier alpha value is -1.15. The van der Waals surface area contributed by atoms with Gasteiger partial charge in [0, 0.05) is 26.2 Å². The predicted molar refractivity (Wildman–Crippen MR) is 71.5 cm³/mol. The van der Waals surface area contributed by atoms with Gasteiger partial charge in [-0.15, -0.1) is 0 Å². The van der Waals surface area contributed by atoms with Crippen LogP contribution in [0.15, 0.2) is 0 Å². The zero-order valence-electron chi connectivity index (χ0n) is 11.5. The molecule has 0 aromatic rings. The van der Waals surface area contributed by atoms with E-state index in [2.05, 4.69) is 0 Å². The molecule has 2 rings (SSSR count). The number of aliphatic carboxylic acids is 1. The molecular weight excluding hydrogens is 284 g/mol. The van der Waals surface area contributed by atoms with E-state index in [1.165, 1.54) is 4.31 Å². The molecule has 0 spiro atoms. The average Bonchev–Trinajstić information content (AvgIpc) is 2.86. The minimum Gasteiger partial charge on any atom is -0.481 e. The number of carboxylic acid groups (broad SMARTS) is 1. The molecule has 7 nitrogen and oxygen atoms in total. The first-order valence-corrected chi connectivity index (χ1v) is 8.62. The molecule has 0 aromatic heterocycles. The fraction of sp³-hybridized carbons (Fsp3) is 0.833. The molecule has 1 saturated heterocycles. The summed E-state index contributed by atoms with van der Waals surface area (Å²) in [6.45, 7) is 1.26. The molecule has 2 atom stereocenters. The fourth-order valence-corrected chi connectivity index (χ4v) is 3.85. The van der Waals surface area contributed by atoms with Crippen LogP contribution in [0.5, 0.6) is 0 Å². The van der Waals surface area contributed by atoms with E-state index in [-0.39, 0.29) is 19.0 Å². The molecule has 1 aliphatic carbocycles. The third kappa shape index (κ3) is 3.12. The molecular formula is C12H20N2O5S. The lowest BCUT2D eigenvalue weighted by molar-refractivity contribution is -0.149. The normalized spacial score (nSPS) is 28.6. The summed E-state index contributed by atoms with van der Waals surface area (Å²) in [4.78, 5) is 25.1. The maximum atomic E-state index is 12.4. The van der Waals surface area contributed by atoms with Gasteiger partial charge < -0.3 is 10.0 Å². The maximum absolute atomic E-state index is 12.4. The van der Waals surface area contributed by atoms with Crippen molar-refractivity contribution < 1.29 is 23.1 Å². The van der Waals surface area contributed by atoms with Crippen molar-refractivity contribution in [1.29, 1.82) is 0 Å². The SMILES string of the molecule is CS(=O)(=O)N1CCN(C(=O)C2CCCC2C(=O)O)CC1. The Morgan fingerprint density at radius 3 is 2.10 bits per heavy atom. The first kappa shape index (κ1) is 15.2. The second kappa shape index (κ2) is 5.69. The summed E-state index contributed by atoms with van der Waals surface area (Å²) in [6, 6.07) is 0. The molecule has 2 unspecified atom stereocenters. The highest BCUT2D eigenvalue weighted by Crippen LogP contribution is 2.33. The maximum Gasteiger partial charge on any atom is 0.307 e. The van der Waals surface area contributed by atoms with Crippen molar-refractivity contribution in [1.82, 2.24) is 9.21 Å². The van der Waals surface area contributed by atoms with Crippen LogP contribution in [0.2, 0.25) is 0 Å². The highest BCUT2D eigenvalue weighted by atomic mass is 32.2. The zero-order chi connectivity index (χ0) is 14.9. The average molecular weight is 304 g/mol. The second-order valence-electron chi connectivity index (χ2n) is 5.47. The third-order valence-corrected chi connectivity index (χ3v) is 5.47. The summed E-state index contributed by atoms with van der Waals surface area (Å²) in [5, 5.41) is 9.12. The Morgan fingerprint density at radius 2 is 1.60 bits per heavy atom. The summed E-state index contributed by atoms with van der Waals surface area (Å²) in [6.07, 6.45) is 3.08. The highest BCUT2D eigenvalue weighted by molar-refractivity contribution is 7.88. The van der Waals surface area contributed by atoms with Gasteiger partial charge in [-0.05, 0) is 12.8 Å². The van der Waals surface area contributed by atoms with E-state index < -0.39 is 27.8 Å². The molecule has 0 aromatic carbocycles. The van der Waals surface area contributed by atoms with Gasteiger partial charge in [0.15, 0.2) is 0 Å². The first-order chi connectivity index (χ1) is 9.30. The molecule has 1 saturated carbocycles. The van der Waals surface area contributed by atoms with Gasteiger partial charge >= 0.3 is 5.97 Å². The Labute approximate surface area is 118 Å². The van der Waals surface area contributed by atoms with Crippen molar-refractivity contribution in [2.24, 2.45) is 11.8 Å². The van der Waals surface area contributed by atoms with Crippen LogP contribution >= 0.6 is 0 Å². The number of amides is 1. The molecule has 114 valence electrons. The topological polar surface area (TPSA) is 95.0 Å². The van der Waals surface area contributed by atoms with E-state index in [1.54, 1.807) is 4.90 Å². The van der Waals surface area contributed by atoms with Crippen molar-refractivity contribution in [2.45, 2.75) is 19.3 Å². The Bertz CT molecular complexity index is 496. The summed E-state index contributed by atoms with van der Waals surface area (Å²) >= 11 is 0. The van der Waals surface area contributed by atoms with Crippen molar-refractivity contribution in [3.05, 3.63) is 0 Å². The Kier molecular flexibility index (Phi) is 4.33. The number of carbonyl (C=O) groups excluding carboxylic acids is 1. The van der Waals surface area contributed by atoms with Gasteiger partial charge in [-0.25, -0.2) is 8.42 Å². The van der Waals surface area contributed by atoms with E-state index in [0.717, 1.165) is 12.7 Å². The molecule has 8 heteroatoms. The summed E-state index contributed by atoms with van der Waals surface area (Å²) < 4.78 is 24.2. The van der Waals surface area contributed by atoms with E-state index in [4.69, 9.17) is 5.11 Å². The van der Waals surface area contributed by atoms with Gasteiger partial charge in [-0.1, -0.05) is 6.42 Å². The van der Waals surface area contributed by atoms with Crippen LogP contribution in [0.3, 0.4) is 0 Å². The lowest BCUT2D eigenvalue weighted by Gasteiger charge is -2.35. The molecule has 1 amide bonds. The van der Waals surface area contributed by atoms with E-state index >= 15 is 0 Å². The van der Waals surface area contributed by atoms with Crippen LogP contribution in [0, 0.1) is 11.8 Å². The van der Waals surface area contributed by atoms with Gasteiger partial charge in [-0.2, -0.15) is 4.31 Å². The predicted octanol–water partition coefficient (Wildman–Crippen LogP) is -0.409. The summed E-state index contributed by atoms with van der Waals surface area (Å²) in [5.74, 6) is -2.08. The van der Waals surface area contributed by atoms with E-state index in [1.807, 2.05) is 0 Å². The molecule has 20 heavy (non-hydrogen) atoms. The van der Waals surface area contributed by atoms with E-state index in [9.17, 15) is 18.0 Å². The quantitative estimate of drug-likeness (QED) is 0.765. The number of carbonyl (C=O) groups is 2. The van der Waals surface area contributed by atoms with Gasteiger partial charge in [0.05, 0.1) is 18.1 Å². The number of hydrogen-bond donors (Lipinski definition) is 1. The van der Waals surface area contributed by atoms with Crippen molar-refractivity contribution in [3.8, 4) is 0 Å². The number of sulfonamides is 1. The number of hydrogen-bond acceptors (Lipinski definition) is 4. The number of nitrogens with zero attached hydrogens (tertiary/aromatic N) is 2. The lowest BCUT2D eigenvalue weighted by atomic mass is 9.94. The van der Waals surface area contributed by atoms with Crippen LogP contribution in [-0.2, 0) is 19.6 Å². The molecule has 2 aliphatic rings. The van der Waals surface area contributed by atoms with Gasteiger partial charge in [0.2, 0.25) is 15.9 Å². The molecule has 0 bridgehead atoms. The third-order valence-electron chi connectivity index (χ3n) is 4.17. The lowest BCUT2D eigenvalue weighted by Crippen LogP contribution is -2.52. The van der Waals surface area contributed by atoms with Crippen LogP contribution in [0.4, 0.5) is 0 Å². The largest absolute Gasteiger partial charge is 0.481 e. The van der Waals surface area contributed by atoms with Crippen LogP contribution in [0.1, 0.15) is 19.3 Å². The minimum atomic E-state index is -3.22. The first-order valence-electron chi connectivity index (χ1n) is 6.77. The highest BCUT2D eigenvalue weighted by Gasteiger charge is 2.40. The van der Waals surface area contributed by atoms with Crippen molar-refractivity contribution in [3.63, 3.8) is 0 Å². The molecule has 1 heterocycles. The standard InChI is InChI=1S/C12H20N2O5S/c1-20(18,19)14-7-5-13(6-8-14)11(15)9-3-2-4-10(9)12(16)17/h9-10H,2-8H2,1H3,(H,16,17). The van der Waals surface area contributed by atoms with Gasteiger partial charge in [-0.3, -0.25) is 9.59 Å². The number of piperazine rings is 1. The van der Waals surface area contributed by atoms with E-state index in [0.29, 0.717) is 25.9 Å². The molecule has 1 aliphatic heterocycles. The Morgan fingerprint density at radius 1 is 1.05 bits per heavy atom. The second-order valence-corrected chi connectivity index (χ2v) is 7.45. The molecule has 0 radical (unpaired) electrons. The number of rotatable bonds is 3. The number of carboxylic acids is 1. The van der Waals surface area contributed by atoms with Crippen LogP contribution in [0.25, 0.3) is 0 Å². The summed E-state index contributed by atoms with van der Waals surface area (Å²) in [5.41, 5.74) is 0. The minimum absolute atomic E-state index is 0.136.